The highest BCUT2D eigenvalue weighted by Crippen LogP contribution is 2.29. The fourth-order valence-electron chi connectivity index (χ4n) is 2.70. The normalized spacial score (nSPS) is 21.6. The lowest BCUT2D eigenvalue weighted by atomic mass is 9.91. The molecule has 1 atom stereocenters. The summed E-state index contributed by atoms with van der Waals surface area (Å²) in [6.07, 6.45) is 15.1. The van der Waals surface area contributed by atoms with Crippen LogP contribution >= 0.6 is 0 Å². The monoisotopic (exact) mass is 249 g/mol. The summed E-state index contributed by atoms with van der Waals surface area (Å²) in [7, 11) is 0. The molecule has 0 spiro atoms. The summed E-state index contributed by atoms with van der Waals surface area (Å²) in [5.74, 6) is 0. The molecular formula is C18H19N. The van der Waals surface area contributed by atoms with Crippen LogP contribution in [-0.2, 0) is 0 Å². The van der Waals surface area contributed by atoms with Gasteiger partial charge in [-0.1, -0.05) is 48.6 Å². The molecule has 0 amide bonds. The smallest absolute Gasteiger partial charge is 0.0695 e. The Morgan fingerprint density at radius 2 is 1.95 bits per heavy atom. The average molecular weight is 249 g/mol. The molecule has 0 bridgehead atoms. The van der Waals surface area contributed by atoms with Gasteiger partial charge >= 0.3 is 0 Å². The minimum Gasteiger partial charge on any atom is -0.381 e. The molecule has 1 aliphatic carbocycles. The summed E-state index contributed by atoms with van der Waals surface area (Å²) >= 11 is 0. The lowest BCUT2D eigenvalue weighted by molar-refractivity contribution is 0.746. The molecule has 1 unspecified atom stereocenters. The van der Waals surface area contributed by atoms with Crippen LogP contribution in [0.1, 0.15) is 36.9 Å². The van der Waals surface area contributed by atoms with E-state index in [4.69, 9.17) is 0 Å². The Morgan fingerprint density at radius 3 is 2.63 bits per heavy atom. The van der Waals surface area contributed by atoms with Crippen molar-refractivity contribution in [1.82, 2.24) is 5.32 Å². The van der Waals surface area contributed by atoms with Gasteiger partial charge in [0.15, 0.2) is 0 Å². The van der Waals surface area contributed by atoms with Crippen molar-refractivity contribution >= 4 is 5.57 Å². The summed E-state index contributed by atoms with van der Waals surface area (Å²) in [4.78, 5) is 0. The van der Waals surface area contributed by atoms with E-state index in [1.165, 1.54) is 22.3 Å². The number of allylic oxidation sites excluding steroid dienone is 6. The molecule has 1 heterocycles. The van der Waals surface area contributed by atoms with Crippen LogP contribution in [0.5, 0.6) is 0 Å². The Kier molecular flexibility index (Phi) is 3.37. The van der Waals surface area contributed by atoms with Gasteiger partial charge in [0.2, 0.25) is 0 Å². The molecule has 1 N–H and O–H groups in total. The van der Waals surface area contributed by atoms with E-state index in [1.807, 2.05) is 12.3 Å². The van der Waals surface area contributed by atoms with Crippen molar-refractivity contribution in [3.63, 3.8) is 0 Å². The summed E-state index contributed by atoms with van der Waals surface area (Å²) in [6.45, 7) is 2.20. The van der Waals surface area contributed by atoms with Gasteiger partial charge in [0, 0.05) is 0 Å². The molecule has 0 radical (unpaired) electrons. The van der Waals surface area contributed by atoms with Gasteiger partial charge in [-0.25, -0.2) is 0 Å². The fraction of sp³-hybridized carbons (Fsp3) is 0.222. The molecule has 19 heavy (non-hydrogen) atoms. The van der Waals surface area contributed by atoms with E-state index >= 15 is 0 Å². The van der Waals surface area contributed by atoms with Crippen LogP contribution < -0.4 is 5.32 Å². The lowest BCUT2D eigenvalue weighted by Crippen LogP contribution is -2.14. The third kappa shape index (κ3) is 2.55. The van der Waals surface area contributed by atoms with Crippen molar-refractivity contribution in [3.05, 3.63) is 77.5 Å². The van der Waals surface area contributed by atoms with Crippen LogP contribution in [0.15, 0.2) is 66.4 Å². The van der Waals surface area contributed by atoms with E-state index in [0.29, 0.717) is 6.04 Å². The zero-order valence-electron chi connectivity index (χ0n) is 11.3. The SMILES string of the molecule is CC1=C(c2ccc(C3C=CC=CN3)cc2)CCC=C1. The Bertz CT molecular complexity index is 570. The first-order valence-electron chi connectivity index (χ1n) is 6.90. The molecule has 1 aromatic rings. The maximum Gasteiger partial charge on any atom is 0.0695 e. The maximum atomic E-state index is 3.35. The second-order valence-corrected chi connectivity index (χ2v) is 5.11. The standard InChI is InChI=1S/C18H19N/c1-14-6-2-3-7-17(14)15-9-11-16(12-10-15)18-8-4-5-13-19-18/h2,4-6,8-13,18-19H,3,7H2,1H3. The quantitative estimate of drug-likeness (QED) is 0.812. The summed E-state index contributed by atoms with van der Waals surface area (Å²) in [5, 5.41) is 3.35. The first-order valence-corrected chi connectivity index (χ1v) is 6.90. The van der Waals surface area contributed by atoms with E-state index in [9.17, 15) is 0 Å². The van der Waals surface area contributed by atoms with Crippen LogP contribution in [-0.4, -0.2) is 0 Å². The van der Waals surface area contributed by atoms with Crippen LogP contribution in [0.3, 0.4) is 0 Å². The molecule has 1 heteroatoms. The second-order valence-electron chi connectivity index (χ2n) is 5.11. The van der Waals surface area contributed by atoms with Gasteiger partial charge in [-0.2, -0.15) is 0 Å². The number of rotatable bonds is 2. The Balaban J connectivity index is 1.85. The highest BCUT2D eigenvalue weighted by molar-refractivity contribution is 5.71. The molecule has 0 saturated carbocycles. The first-order chi connectivity index (χ1) is 9.34. The Labute approximate surface area is 115 Å². The van der Waals surface area contributed by atoms with E-state index in [-0.39, 0.29) is 0 Å². The van der Waals surface area contributed by atoms with Crippen molar-refractivity contribution in [1.29, 1.82) is 0 Å². The lowest BCUT2D eigenvalue weighted by Gasteiger charge is -2.18. The third-order valence-corrected chi connectivity index (χ3v) is 3.81. The van der Waals surface area contributed by atoms with Gasteiger partial charge in [-0.3, -0.25) is 0 Å². The van der Waals surface area contributed by atoms with Gasteiger partial charge < -0.3 is 5.32 Å². The Hall–Kier alpha value is -2.02. The molecule has 0 aromatic heterocycles. The maximum absolute atomic E-state index is 3.35. The van der Waals surface area contributed by atoms with Crippen molar-refractivity contribution in [2.75, 3.05) is 0 Å². The predicted molar refractivity (Wildman–Crippen MR) is 81.6 cm³/mol. The minimum absolute atomic E-state index is 0.306. The highest BCUT2D eigenvalue weighted by Gasteiger charge is 2.10. The zero-order valence-corrected chi connectivity index (χ0v) is 11.3. The summed E-state index contributed by atoms with van der Waals surface area (Å²) < 4.78 is 0. The number of benzene rings is 1. The molecule has 3 rings (SSSR count). The van der Waals surface area contributed by atoms with Crippen molar-refractivity contribution in [2.45, 2.75) is 25.8 Å². The van der Waals surface area contributed by atoms with Gasteiger partial charge in [0.05, 0.1) is 6.04 Å². The summed E-state index contributed by atoms with van der Waals surface area (Å²) in [6, 6.07) is 9.27. The molecule has 0 saturated heterocycles. The van der Waals surface area contributed by atoms with Crippen LogP contribution in [0.2, 0.25) is 0 Å². The topological polar surface area (TPSA) is 12.0 Å². The molecule has 96 valence electrons. The van der Waals surface area contributed by atoms with Gasteiger partial charge in [-0.05, 0) is 54.3 Å². The number of hydrogen-bond acceptors (Lipinski definition) is 1. The van der Waals surface area contributed by atoms with E-state index in [1.54, 1.807) is 0 Å². The number of nitrogens with one attached hydrogen (secondary N) is 1. The van der Waals surface area contributed by atoms with Gasteiger partial charge in [0.25, 0.3) is 0 Å². The number of hydrogen-bond donors (Lipinski definition) is 1. The number of dihydropyridines is 1. The van der Waals surface area contributed by atoms with Crippen LogP contribution in [0, 0.1) is 0 Å². The highest BCUT2D eigenvalue weighted by atomic mass is 14.9. The van der Waals surface area contributed by atoms with E-state index in [0.717, 1.165) is 12.8 Å². The van der Waals surface area contributed by atoms with Gasteiger partial charge in [0.1, 0.15) is 0 Å². The van der Waals surface area contributed by atoms with E-state index in [2.05, 4.69) is 60.8 Å². The Morgan fingerprint density at radius 1 is 1.11 bits per heavy atom. The summed E-state index contributed by atoms with van der Waals surface area (Å²) in [5.41, 5.74) is 5.56. The third-order valence-electron chi connectivity index (χ3n) is 3.81. The molecule has 1 aliphatic heterocycles. The average Bonchev–Trinajstić information content (AvgIpc) is 2.49. The zero-order chi connectivity index (χ0) is 13.1. The van der Waals surface area contributed by atoms with Crippen molar-refractivity contribution < 1.29 is 0 Å². The van der Waals surface area contributed by atoms with E-state index < -0.39 is 0 Å². The molecule has 1 aromatic carbocycles. The largest absolute Gasteiger partial charge is 0.381 e. The van der Waals surface area contributed by atoms with Crippen molar-refractivity contribution in [2.24, 2.45) is 0 Å². The molecular weight excluding hydrogens is 230 g/mol. The van der Waals surface area contributed by atoms with Crippen molar-refractivity contribution in [3.8, 4) is 0 Å². The predicted octanol–water partition coefficient (Wildman–Crippen LogP) is 4.52. The minimum atomic E-state index is 0.306. The van der Waals surface area contributed by atoms with Crippen LogP contribution in [0.4, 0.5) is 0 Å². The first kappa shape index (κ1) is 12.0. The molecule has 2 aliphatic rings. The second kappa shape index (κ2) is 5.31. The molecule has 0 fully saturated rings. The fourth-order valence-corrected chi connectivity index (χ4v) is 2.70. The van der Waals surface area contributed by atoms with Crippen LogP contribution in [0.25, 0.3) is 5.57 Å². The van der Waals surface area contributed by atoms with Gasteiger partial charge in [-0.15, -0.1) is 0 Å². The molecule has 1 nitrogen and oxygen atoms in total.